The van der Waals surface area contributed by atoms with Crippen LogP contribution in [-0.4, -0.2) is 20.6 Å². The van der Waals surface area contributed by atoms with Crippen molar-refractivity contribution in [2.45, 2.75) is 25.9 Å². The molecule has 0 spiro atoms. The standard InChI is InChI=1S/C28H24Cl3N5OS/c1-16(2)27(37)33-21-10-9-18(15-19(21)30)36-26(25(34-28(36)38)22-6-3-4-12-32-22)24-7-5-13-35(24)23-11-8-17(29)14-20(23)31/h3-16,25-26H,1-2H3,(H,33,37)(H,34,38)/t25-,26+/m0/s1. The maximum Gasteiger partial charge on any atom is 0.226 e. The Balaban J connectivity index is 1.61. The third-order valence-electron chi connectivity index (χ3n) is 6.36. The molecule has 2 atom stereocenters. The van der Waals surface area contributed by atoms with E-state index in [0.29, 0.717) is 25.9 Å². The fourth-order valence-corrected chi connectivity index (χ4v) is 5.56. The summed E-state index contributed by atoms with van der Waals surface area (Å²) >= 11 is 25.3. The molecule has 1 amide bonds. The highest BCUT2D eigenvalue weighted by Gasteiger charge is 2.42. The number of nitrogens with zero attached hydrogens (tertiary/aromatic N) is 3. The maximum atomic E-state index is 12.2. The third-order valence-corrected chi connectivity index (χ3v) is 7.53. The van der Waals surface area contributed by atoms with Crippen LogP contribution in [-0.2, 0) is 4.79 Å². The second kappa shape index (κ2) is 10.9. The zero-order valence-corrected chi connectivity index (χ0v) is 23.6. The molecule has 1 aliphatic heterocycles. The normalized spacial score (nSPS) is 17.1. The molecule has 4 aromatic rings. The minimum absolute atomic E-state index is 0.108. The van der Waals surface area contributed by atoms with Gasteiger partial charge in [-0.25, -0.2) is 0 Å². The molecule has 1 fully saturated rings. The van der Waals surface area contributed by atoms with Crippen LogP contribution in [0.3, 0.4) is 0 Å². The van der Waals surface area contributed by atoms with E-state index in [1.807, 2.05) is 84.1 Å². The van der Waals surface area contributed by atoms with Gasteiger partial charge in [0.1, 0.15) is 6.04 Å². The molecule has 0 bridgehead atoms. The first-order chi connectivity index (χ1) is 18.2. The smallest absolute Gasteiger partial charge is 0.226 e. The summed E-state index contributed by atoms with van der Waals surface area (Å²) in [4.78, 5) is 18.9. The molecule has 3 heterocycles. The minimum atomic E-state index is -0.300. The first kappa shape index (κ1) is 26.5. The van der Waals surface area contributed by atoms with Gasteiger partial charge >= 0.3 is 0 Å². The van der Waals surface area contributed by atoms with Crippen molar-refractivity contribution in [3.8, 4) is 5.69 Å². The zero-order chi connectivity index (χ0) is 27.0. The van der Waals surface area contributed by atoms with Gasteiger partial charge < -0.3 is 20.1 Å². The molecule has 10 heteroatoms. The summed E-state index contributed by atoms with van der Waals surface area (Å²) in [5, 5.41) is 8.35. The van der Waals surface area contributed by atoms with Crippen LogP contribution in [0.1, 0.15) is 37.3 Å². The Bertz CT molecular complexity index is 1510. The number of anilines is 2. The van der Waals surface area contributed by atoms with Crippen molar-refractivity contribution in [2.75, 3.05) is 10.2 Å². The van der Waals surface area contributed by atoms with Gasteiger partial charge in [-0.3, -0.25) is 9.78 Å². The summed E-state index contributed by atoms with van der Waals surface area (Å²) in [6.07, 6.45) is 3.72. The van der Waals surface area contributed by atoms with Crippen LogP contribution in [0.25, 0.3) is 5.69 Å². The summed E-state index contributed by atoms with van der Waals surface area (Å²) in [5.74, 6) is -0.277. The van der Waals surface area contributed by atoms with E-state index in [9.17, 15) is 4.79 Å². The second-order valence-corrected chi connectivity index (χ2v) is 10.8. The van der Waals surface area contributed by atoms with E-state index in [0.717, 1.165) is 22.8 Å². The van der Waals surface area contributed by atoms with Crippen LogP contribution in [0.15, 0.2) is 79.1 Å². The number of aromatic nitrogens is 2. The van der Waals surface area contributed by atoms with E-state index < -0.39 is 0 Å². The lowest BCUT2D eigenvalue weighted by atomic mass is 10.0. The SMILES string of the molecule is CC(C)C(=O)Nc1ccc(N2C(=S)N[C@@H](c3ccccn3)[C@H]2c2cccn2-c2ccc(Cl)cc2Cl)cc1Cl. The van der Waals surface area contributed by atoms with Gasteiger partial charge in [0, 0.05) is 34.7 Å². The van der Waals surface area contributed by atoms with Gasteiger partial charge in [-0.1, -0.05) is 54.7 Å². The van der Waals surface area contributed by atoms with Crippen molar-refractivity contribution >= 4 is 69.4 Å². The highest BCUT2D eigenvalue weighted by Crippen LogP contribution is 2.44. The van der Waals surface area contributed by atoms with Crippen molar-refractivity contribution < 1.29 is 4.79 Å². The maximum absolute atomic E-state index is 12.2. The highest BCUT2D eigenvalue weighted by atomic mass is 35.5. The Morgan fingerprint density at radius 2 is 1.84 bits per heavy atom. The number of pyridine rings is 1. The molecule has 2 aromatic carbocycles. The number of nitrogens with one attached hydrogen (secondary N) is 2. The quantitative estimate of drug-likeness (QED) is 0.229. The molecule has 5 rings (SSSR count). The summed E-state index contributed by atoms with van der Waals surface area (Å²) in [6, 6.07) is 20.1. The third kappa shape index (κ3) is 5.12. The van der Waals surface area contributed by atoms with Crippen molar-refractivity contribution in [1.29, 1.82) is 0 Å². The molecule has 0 unspecified atom stereocenters. The lowest BCUT2D eigenvalue weighted by Gasteiger charge is -2.29. The van der Waals surface area contributed by atoms with Crippen LogP contribution in [0.5, 0.6) is 0 Å². The van der Waals surface area contributed by atoms with E-state index in [2.05, 4.69) is 15.6 Å². The largest absolute Gasteiger partial charge is 0.351 e. The molecule has 38 heavy (non-hydrogen) atoms. The molecule has 6 nitrogen and oxygen atoms in total. The first-order valence-electron chi connectivity index (χ1n) is 12.0. The Hall–Kier alpha value is -3.10. The first-order valence-corrected chi connectivity index (χ1v) is 13.5. The molecular weight excluding hydrogens is 561 g/mol. The van der Waals surface area contributed by atoms with E-state index in [-0.39, 0.29) is 23.9 Å². The number of halogens is 3. The fraction of sp³-hybridized carbons (Fsp3) is 0.179. The van der Waals surface area contributed by atoms with Crippen molar-refractivity contribution in [3.05, 3.63) is 106 Å². The van der Waals surface area contributed by atoms with E-state index in [1.54, 1.807) is 18.3 Å². The Labute approximate surface area is 241 Å². The number of amides is 1. The Morgan fingerprint density at radius 1 is 1.03 bits per heavy atom. The van der Waals surface area contributed by atoms with E-state index in [4.69, 9.17) is 47.0 Å². The fourth-order valence-electron chi connectivity index (χ4n) is 4.50. The van der Waals surface area contributed by atoms with Gasteiger partial charge in [0.2, 0.25) is 5.91 Å². The number of hydrogen-bond acceptors (Lipinski definition) is 3. The second-order valence-electron chi connectivity index (χ2n) is 9.20. The summed E-state index contributed by atoms with van der Waals surface area (Å²) in [7, 11) is 0. The van der Waals surface area contributed by atoms with E-state index in [1.165, 1.54) is 0 Å². The minimum Gasteiger partial charge on any atom is -0.351 e. The topological polar surface area (TPSA) is 62.2 Å². The molecule has 0 aliphatic carbocycles. The predicted octanol–water partition coefficient (Wildman–Crippen LogP) is 7.60. The van der Waals surface area contributed by atoms with Crippen LogP contribution in [0.2, 0.25) is 15.1 Å². The van der Waals surface area contributed by atoms with Gasteiger partial charge in [0.05, 0.1) is 33.2 Å². The summed E-state index contributed by atoms with van der Waals surface area (Å²) in [6.45, 7) is 3.66. The van der Waals surface area contributed by atoms with Crippen molar-refractivity contribution in [1.82, 2.24) is 14.9 Å². The van der Waals surface area contributed by atoms with Crippen molar-refractivity contribution in [2.24, 2.45) is 5.92 Å². The monoisotopic (exact) mass is 583 g/mol. The number of benzene rings is 2. The molecule has 2 aromatic heterocycles. The molecule has 194 valence electrons. The number of thiocarbonyl (C=S) groups is 1. The Kier molecular flexibility index (Phi) is 7.63. The number of carbonyl (C=O) groups excluding carboxylic acids is 1. The number of rotatable bonds is 6. The Morgan fingerprint density at radius 3 is 2.53 bits per heavy atom. The molecular formula is C28H24Cl3N5OS. The van der Waals surface area contributed by atoms with Crippen molar-refractivity contribution in [3.63, 3.8) is 0 Å². The van der Waals surface area contributed by atoms with Crippen LogP contribution in [0.4, 0.5) is 11.4 Å². The van der Waals surface area contributed by atoms with Gasteiger partial charge in [0.15, 0.2) is 5.11 Å². The summed E-state index contributed by atoms with van der Waals surface area (Å²) < 4.78 is 2.03. The molecule has 1 aliphatic rings. The van der Waals surface area contributed by atoms with Crippen LogP contribution in [0, 0.1) is 5.92 Å². The van der Waals surface area contributed by atoms with Gasteiger partial charge in [0.25, 0.3) is 0 Å². The predicted molar refractivity (Wildman–Crippen MR) is 159 cm³/mol. The lowest BCUT2D eigenvalue weighted by Crippen LogP contribution is -2.30. The van der Waals surface area contributed by atoms with Crippen LogP contribution < -0.4 is 15.5 Å². The molecule has 0 saturated carbocycles. The lowest BCUT2D eigenvalue weighted by molar-refractivity contribution is -0.118. The number of hydrogen-bond donors (Lipinski definition) is 2. The molecule has 1 saturated heterocycles. The van der Waals surface area contributed by atoms with E-state index >= 15 is 0 Å². The molecule has 0 radical (unpaired) electrons. The van der Waals surface area contributed by atoms with Gasteiger partial charge in [-0.15, -0.1) is 0 Å². The average Bonchev–Trinajstić information content (AvgIpc) is 3.50. The zero-order valence-electron chi connectivity index (χ0n) is 20.5. The summed E-state index contributed by atoms with van der Waals surface area (Å²) in [5.41, 5.74) is 3.88. The molecule has 2 N–H and O–H groups in total. The number of carbonyl (C=O) groups is 1. The highest BCUT2D eigenvalue weighted by molar-refractivity contribution is 7.80. The van der Waals surface area contributed by atoms with Crippen LogP contribution >= 0.6 is 47.0 Å². The van der Waals surface area contributed by atoms with Gasteiger partial charge in [-0.2, -0.15) is 0 Å². The average molecular weight is 585 g/mol. The van der Waals surface area contributed by atoms with Gasteiger partial charge in [-0.05, 0) is 72.9 Å².